The number of aliphatic hydroxyl groups excluding tert-OH is 1. The third kappa shape index (κ3) is 5.64. The Morgan fingerprint density at radius 1 is 1.36 bits per heavy atom. The SMILES string of the molecule is COC(=O)C(C)N=C(NC(=O)CO)C(C)(C)NC(=O)c1nnc(C)o1. The van der Waals surface area contributed by atoms with Gasteiger partial charge in [-0.15, -0.1) is 10.2 Å². The highest BCUT2D eigenvalue weighted by Crippen LogP contribution is 2.09. The average molecular weight is 355 g/mol. The van der Waals surface area contributed by atoms with Gasteiger partial charge in [0.25, 0.3) is 5.91 Å². The van der Waals surface area contributed by atoms with Crippen LogP contribution in [0.15, 0.2) is 9.41 Å². The Balaban J connectivity index is 3.08. The van der Waals surface area contributed by atoms with Crippen molar-refractivity contribution >= 4 is 23.6 Å². The van der Waals surface area contributed by atoms with Gasteiger partial charge in [0.15, 0.2) is 0 Å². The molecule has 0 aromatic carbocycles. The van der Waals surface area contributed by atoms with E-state index in [-0.39, 0.29) is 17.6 Å². The van der Waals surface area contributed by atoms with Crippen LogP contribution in [0.1, 0.15) is 37.3 Å². The number of esters is 1. The van der Waals surface area contributed by atoms with Gasteiger partial charge in [-0.25, -0.2) is 4.79 Å². The molecule has 1 heterocycles. The molecule has 0 radical (unpaired) electrons. The number of nitrogens with one attached hydrogen (secondary N) is 2. The molecule has 11 nitrogen and oxygen atoms in total. The van der Waals surface area contributed by atoms with Crippen LogP contribution in [0.4, 0.5) is 0 Å². The number of nitrogens with zero attached hydrogens (tertiary/aromatic N) is 3. The summed E-state index contributed by atoms with van der Waals surface area (Å²) in [6, 6.07) is -0.944. The normalized spacial score (nSPS) is 13.1. The number of methoxy groups -OCH3 is 1. The van der Waals surface area contributed by atoms with Gasteiger partial charge >= 0.3 is 17.8 Å². The van der Waals surface area contributed by atoms with Gasteiger partial charge in [-0.05, 0) is 20.8 Å². The lowest BCUT2D eigenvalue weighted by atomic mass is 10.0. The molecule has 138 valence electrons. The predicted molar refractivity (Wildman–Crippen MR) is 84.7 cm³/mol. The van der Waals surface area contributed by atoms with E-state index in [1.165, 1.54) is 34.8 Å². The number of ether oxygens (including phenoxy) is 1. The number of amidine groups is 1. The molecular weight excluding hydrogens is 334 g/mol. The Morgan fingerprint density at radius 3 is 2.48 bits per heavy atom. The molecule has 0 aliphatic rings. The van der Waals surface area contributed by atoms with Crippen molar-refractivity contribution in [1.82, 2.24) is 20.8 Å². The zero-order chi connectivity index (χ0) is 19.2. The molecule has 0 aliphatic heterocycles. The van der Waals surface area contributed by atoms with E-state index in [1.54, 1.807) is 0 Å². The standard InChI is InChI=1S/C14H21N5O6/c1-7(12(23)24-5)15-13(16-9(21)6-20)14(3,4)17-10(22)11-19-18-8(2)25-11/h7,20H,6H2,1-5H3,(H,17,22)(H,15,16,21). The van der Waals surface area contributed by atoms with Crippen LogP contribution in [0.5, 0.6) is 0 Å². The van der Waals surface area contributed by atoms with Crippen molar-refractivity contribution in [2.75, 3.05) is 13.7 Å². The van der Waals surface area contributed by atoms with Gasteiger partial charge in [0.1, 0.15) is 18.5 Å². The Labute approximate surface area is 143 Å². The smallest absolute Gasteiger partial charge is 0.330 e. The molecule has 2 amide bonds. The highest BCUT2D eigenvalue weighted by Gasteiger charge is 2.32. The van der Waals surface area contributed by atoms with E-state index in [1.807, 2.05) is 0 Å². The minimum Gasteiger partial charge on any atom is -0.467 e. The average Bonchev–Trinajstić information content (AvgIpc) is 2.99. The van der Waals surface area contributed by atoms with Crippen molar-refractivity contribution in [3.05, 3.63) is 11.8 Å². The zero-order valence-electron chi connectivity index (χ0n) is 14.6. The largest absolute Gasteiger partial charge is 0.467 e. The van der Waals surface area contributed by atoms with Gasteiger partial charge in [0.2, 0.25) is 5.89 Å². The highest BCUT2D eigenvalue weighted by atomic mass is 16.5. The number of aliphatic hydroxyl groups is 1. The fraction of sp³-hybridized carbons (Fsp3) is 0.571. The molecule has 0 fully saturated rings. The predicted octanol–water partition coefficient (Wildman–Crippen LogP) is -1.05. The molecule has 1 atom stereocenters. The summed E-state index contributed by atoms with van der Waals surface area (Å²) in [7, 11) is 1.20. The van der Waals surface area contributed by atoms with Crippen molar-refractivity contribution in [2.24, 2.45) is 4.99 Å². The number of hydrogen-bond donors (Lipinski definition) is 3. The van der Waals surface area contributed by atoms with Crippen LogP contribution < -0.4 is 10.6 Å². The topological polar surface area (TPSA) is 156 Å². The fourth-order valence-corrected chi connectivity index (χ4v) is 1.72. The van der Waals surface area contributed by atoms with E-state index < -0.39 is 36.0 Å². The Kier molecular flexibility index (Phi) is 6.74. The van der Waals surface area contributed by atoms with Crippen LogP contribution in [-0.4, -0.2) is 64.2 Å². The van der Waals surface area contributed by atoms with Crippen LogP contribution in [0, 0.1) is 6.92 Å². The van der Waals surface area contributed by atoms with Gasteiger partial charge in [0.05, 0.1) is 12.6 Å². The van der Waals surface area contributed by atoms with Gasteiger partial charge in [-0.2, -0.15) is 0 Å². The summed E-state index contributed by atoms with van der Waals surface area (Å²) >= 11 is 0. The molecule has 0 saturated carbocycles. The number of rotatable bonds is 6. The summed E-state index contributed by atoms with van der Waals surface area (Å²) in [5, 5.41) is 21.0. The second-order valence-corrected chi connectivity index (χ2v) is 5.59. The molecule has 0 saturated heterocycles. The van der Waals surface area contributed by atoms with Crippen molar-refractivity contribution in [3.8, 4) is 0 Å². The van der Waals surface area contributed by atoms with Gasteiger partial charge < -0.3 is 24.9 Å². The molecule has 1 aromatic rings. The van der Waals surface area contributed by atoms with Crippen LogP contribution in [0.2, 0.25) is 0 Å². The van der Waals surface area contributed by atoms with E-state index in [0.717, 1.165) is 0 Å². The highest BCUT2D eigenvalue weighted by molar-refractivity contribution is 6.06. The minimum atomic E-state index is -1.23. The van der Waals surface area contributed by atoms with E-state index in [0.29, 0.717) is 0 Å². The van der Waals surface area contributed by atoms with Crippen molar-refractivity contribution in [2.45, 2.75) is 39.3 Å². The van der Waals surface area contributed by atoms with E-state index >= 15 is 0 Å². The molecule has 0 bridgehead atoms. The first-order valence-corrected chi connectivity index (χ1v) is 7.30. The number of aliphatic imine (C=N–C) groups is 1. The molecule has 1 unspecified atom stereocenters. The maximum atomic E-state index is 12.2. The third-order valence-electron chi connectivity index (χ3n) is 3.00. The third-order valence-corrected chi connectivity index (χ3v) is 3.00. The molecular formula is C14H21N5O6. The Morgan fingerprint density at radius 2 is 2.00 bits per heavy atom. The number of aryl methyl sites for hydroxylation is 1. The van der Waals surface area contributed by atoms with Crippen LogP contribution in [0.3, 0.4) is 0 Å². The number of hydrogen-bond acceptors (Lipinski definition) is 9. The lowest BCUT2D eigenvalue weighted by molar-refractivity contribution is -0.141. The Hall–Kier alpha value is -2.82. The van der Waals surface area contributed by atoms with E-state index in [4.69, 9.17) is 9.52 Å². The zero-order valence-corrected chi connectivity index (χ0v) is 14.6. The molecule has 3 N–H and O–H groups in total. The van der Waals surface area contributed by atoms with Gasteiger partial charge in [-0.1, -0.05) is 0 Å². The maximum Gasteiger partial charge on any atom is 0.330 e. The van der Waals surface area contributed by atoms with Gasteiger partial charge in [0, 0.05) is 6.92 Å². The monoisotopic (exact) mass is 355 g/mol. The van der Waals surface area contributed by atoms with Crippen molar-refractivity contribution in [1.29, 1.82) is 0 Å². The lowest BCUT2D eigenvalue weighted by Gasteiger charge is -2.28. The van der Waals surface area contributed by atoms with E-state index in [9.17, 15) is 14.4 Å². The van der Waals surface area contributed by atoms with Crippen molar-refractivity contribution in [3.63, 3.8) is 0 Å². The second kappa shape index (κ2) is 8.33. The molecule has 25 heavy (non-hydrogen) atoms. The quantitative estimate of drug-likeness (QED) is 0.332. The Bertz CT molecular complexity index is 681. The molecule has 11 heteroatoms. The van der Waals surface area contributed by atoms with Gasteiger partial charge in [-0.3, -0.25) is 14.6 Å². The molecule has 1 rings (SSSR count). The number of aromatic nitrogens is 2. The van der Waals surface area contributed by atoms with Crippen LogP contribution in [0.25, 0.3) is 0 Å². The summed E-state index contributed by atoms with van der Waals surface area (Å²) in [5.41, 5.74) is -1.23. The summed E-state index contributed by atoms with van der Waals surface area (Å²) in [5.74, 6) is -2.18. The van der Waals surface area contributed by atoms with E-state index in [2.05, 4.69) is 30.6 Å². The van der Waals surface area contributed by atoms with Crippen LogP contribution >= 0.6 is 0 Å². The first kappa shape index (κ1) is 20.2. The fourth-order valence-electron chi connectivity index (χ4n) is 1.72. The summed E-state index contributed by atoms with van der Waals surface area (Å²) < 4.78 is 9.62. The first-order valence-electron chi connectivity index (χ1n) is 7.30. The number of amides is 2. The summed E-state index contributed by atoms with van der Waals surface area (Å²) in [4.78, 5) is 39.4. The first-order chi connectivity index (χ1) is 11.6. The summed E-state index contributed by atoms with van der Waals surface area (Å²) in [6.45, 7) is 5.26. The van der Waals surface area contributed by atoms with Crippen LogP contribution in [-0.2, 0) is 14.3 Å². The number of carbonyl (C=O) groups excluding carboxylic acids is 3. The maximum absolute atomic E-state index is 12.2. The molecule has 1 aromatic heterocycles. The minimum absolute atomic E-state index is 0.0472. The number of carbonyl (C=O) groups is 3. The van der Waals surface area contributed by atoms with Crippen molar-refractivity contribution < 1.29 is 28.6 Å². The lowest BCUT2D eigenvalue weighted by Crippen LogP contribution is -2.57. The second-order valence-electron chi connectivity index (χ2n) is 5.59. The molecule has 0 spiro atoms. The summed E-state index contributed by atoms with van der Waals surface area (Å²) in [6.07, 6.45) is 0. The molecule has 0 aliphatic carbocycles.